The fraction of sp³-hybridized carbons (Fsp3) is 0.409. The first-order valence-electron chi connectivity index (χ1n) is 9.98. The van der Waals surface area contributed by atoms with E-state index in [1.54, 1.807) is 12.4 Å². The molecule has 2 aromatic heterocycles. The second-order valence-electron chi connectivity index (χ2n) is 7.59. The minimum absolute atomic E-state index is 0.200. The Morgan fingerprint density at radius 2 is 1.89 bits per heavy atom. The van der Waals surface area contributed by atoms with Gasteiger partial charge in [-0.25, -0.2) is 0 Å². The molecule has 0 N–H and O–H groups in total. The molecule has 6 heteroatoms. The first-order chi connectivity index (χ1) is 13.7. The second kappa shape index (κ2) is 8.52. The topological polar surface area (TPSA) is 54.3 Å². The number of amides is 1. The SMILES string of the molecule is CN1CCC(N(Cc2ccncc2)C(=O)CCn2ncc3ccccc32)CC1. The van der Waals surface area contributed by atoms with E-state index in [9.17, 15) is 4.79 Å². The summed E-state index contributed by atoms with van der Waals surface area (Å²) in [6, 6.07) is 12.4. The zero-order valence-electron chi connectivity index (χ0n) is 16.4. The molecule has 1 aromatic carbocycles. The van der Waals surface area contributed by atoms with Crippen LogP contribution < -0.4 is 0 Å². The van der Waals surface area contributed by atoms with Crippen LogP contribution in [0, 0.1) is 0 Å². The second-order valence-corrected chi connectivity index (χ2v) is 7.59. The number of hydrogen-bond acceptors (Lipinski definition) is 4. The van der Waals surface area contributed by atoms with Gasteiger partial charge in [-0.2, -0.15) is 5.10 Å². The molecule has 1 aliphatic rings. The van der Waals surface area contributed by atoms with E-state index < -0.39 is 0 Å². The first-order valence-corrected chi connectivity index (χ1v) is 9.98. The van der Waals surface area contributed by atoms with E-state index in [0.29, 0.717) is 25.6 Å². The average Bonchev–Trinajstić information content (AvgIpc) is 3.15. The maximum atomic E-state index is 13.2. The molecule has 0 bridgehead atoms. The smallest absolute Gasteiger partial charge is 0.224 e. The monoisotopic (exact) mass is 377 g/mol. The lowest BCUT2D eigenvalue weighted by Crippen LogP contribution is -2.46. The molecule has 0 radical (unpaired) electrons. The van der Waals surface area contributed by atoms with Crippen molar-refractivity contribution >= 4 is 16.8 Å². The molecule has 3 aromatic rings. The van der Waals surface area contributed by atoms with E-state index in [1.165, 1.54) is 0 Å². The molecule has 0 saturated carbocycles. The van der Waals surface area contributed by atoms with Crippen molar-refractivity contribution in [3.05, 3.63) is 60.6 Å². The highest BCUT2D eigenvalue weighted by Gasteiger charge is 2.27. The van der Waals surface area contributed by atoms with Gasteiger partial charge in [0.2, 0.25) is 5.91 Å². The van der Waals surface area contributed by atoms with Crippen LogP contribution >= 0.6 is 0 Å². The number of rotatable bonds is 6. The number of carbonyl (C=O) groups is 1. The summed E-state index contributed by atoms with van der Waals surface area (Å²) >= 11 is 0. The lowest BCUT2D eigenvalue weighted by molar-refractivity contribution is -0.135. The predicted molar refractivity (Wildman–Crippen MR) is 110 cm³/mol. The number of pyridine rings is 1. The predicted octanol–water partition coefficient (Wildman–Crippen LogP) is 2.94. The highest BCUT2D eigenvalue weighted by atomic mass is 16.2. The van der Waals surface area contributed by atoms with Crippen LogP contribution in [0.15, 0.2) is 55.0 Å². The van der Waals surface area contributed by atoms with Gasteiger partial charge in [0.1, 0.15) is 0 Å². The molecule has 0 atom stereocenters. The quantitative estimate of drug-likeness (QED) is 0.663. The van der Waals surface area contributed by atoms with E-state index >= 15 is 0 Å². The fourth-order valence-electron chi connectivity index (χ4n) is 3.96. The number of benzene rings is 1. The van der Waals surface area contributed by atoms with E-state index in [2.05, 4.69) is 39.1 Å². The van der Waals surface area contributed by atoms with Crippen LogP contribution in [-0.4, -0.2) is 56.7 Å². The molecule has 28 heavy (non-hydrogen) atoms. The highest BCUT2D eigenvalue weighted by Crippen LogP contribution is 2.20. The van der Waals surface area contributed by atoms with Crippen LogP contribution in [0.25, 0.3) is 10.9 Å². The number of aromatic nitrogens is 3. The maximum Gasteiger partial charge on any atom is 0.224 e. The van der Waals surface area contributed by atoms with Crippen molar-refractivity contribution in [3.8, 4) is 0 Å². The molecular weight excluding hydrogens is 350 g/mol. The van der Waals surface area contributed by atoms with Crippen LogP contribution in [0.3, 0.4) is 0 Å². The van der Waals surface area contributed by atoms with Crippen LogP contribution in [-0.2, 0) is 17.9 Å². The van der Waals surface area contributed by atoms with Crippen molar-refractivity contribution in [3.63, 3.8) is 0 Å². The summed E-state index contributed by atoms with van der Waals surface area (Å²) in [7, 11) is 2.15. The fourth-order valence-corrected chi connectivity index (χ4v) is 3.96. The molecule has 146 valence electrons. The van der Waals surface area contributed by atoms with Crippen molar-refractivity contribution in [2.24, 2.45) is 0 Å². The Balaban J connectivity index is 1.47. The lowest BCUT2D eigenvalue weighted by Gasteiger charge is -2.37. The Hall–Kier alpha value is -2.73. The molecular formula is C22H27N5O. The van der Waals surface area contributed by atoms with Crippen molar-refractivity contribution in [1.82, 2.24) is 24.6 Å². The summed E-state index contributed by atoms with van der Waals surface area (Å²) in [6.45, 7) is 3.32. The zero-order chi connectivity index (χ0) is 19.3. The van der Waals surface area contributed by atoms with E-state index in [1.807, 2.05) is 35.1 Å². The normalized spacial score (nSPS) is 15.8. The minimum Gasteiger partial charge on any atom is -0.335 e. The number of para-hydroxylation sites is 1. The van der Waals surface area contributed by atoms with Crippen LogP contribution in [0.2, 0.25) is 0 Å². The lowest BCUT2D eigenvalue weighted by atomic mass is 10.0. The van der Waals surface area contributed by atoms with Gasteiger partial charge in [0.25, 0.3) is 0 Å². The third kappa shape index (κ3) is 4.22. The average molecular weight is 377 g/mol. The molecule has 1 fully saturated rings. The van der Waals surface area contributed by atoms with Gasteiger partial charge in [-0.15, -0.1) is 0 Å². The number of fused-ring (bicyclic) bond motifs is 1. The number of hydrogen-bond donors (Lipinski definition) is 0. The molecule has 0 unspecified atom stereocenters. The summed E-state index contributed by atoms with van der Waals surface area (Å²) in [6.07, 6.45) is 7.97. The highest BCUT2D eigenvalue weighted by molar-refractivity contribution is 5.79. The standard InChI is InChI=1S/C22H27N5O/c1-25-13-8-20(9-14-25)26(17-18-6-11-23-12-7-18)22(28)10-15-27-21-5-3-2-4-19(21)16-24-27/h2-7,11-12,16,20H,8-10,13-15,17H2,1H3. The summed E-state index contributed by atoms with van der Waals surface area (Å²) < 4.78 is 1.94. The first kappa shape index (κ1) is 18.6. The van der Waals surface area contributed by atoms with Gasteiger partial charge in [-0.1, -0.05) is 18.2 Å². The van der Waals surface area contributed by atoms with Gasteiger partial charge in [0.15, 0.2) is 0 Å². The molecule has 1 aliphatic heterocycles. The Labute approximate surface area is 165 Å². The molecule has 1 amide bonds. The summed E-state index contributed by atoms with van der Waals surface area (Å²) in [4.78, 5) is 21.7. The van der Waals surface area contributed by atoms with Crippen LogP contribution in [0.5, 0.6) is 0 Å². The van der Waals surface area contributed by atoms with E-state index in [4.69, 9.17) is 0 Å². The minimum atomic E-state index is 0.200. The summed E-state index contributed by atoms with van der Waals surface area (Å²) in [5.41, 5.74) is 2.21. The molecule has 0 aliphatic carbocycles. The Bertz CT molecular complexity index is 915. The third-order valence-electron chi connectivity index (χ3n) is 5.64. The number of carbonyl (C=O) groups excluding carboxylic acids is 1. The maximum absolute atomic E-state index is 13.2. The Morgan fingerprint density at radius 1 is 1.14 bits per heavy atom. The van der Waals surface area contributed by atoms with Gasteiger partial charge >= 0.3 is 0 Å². The van der Waals surface area contributed by atoms with Gasteiger partial charge in [-0.05, 0) is 56.7 Å². The molecule has 0 spiro atoms. The van der Waals surface area contributed by atoms with Gasteiger partial charge in [0, 0.05) is 36.8 Å². The largest absolute Gasteiger partial charge is 0.335 e. The van der Waals surface area contributed by atoms with Gasteiger partial charge in [-0.3, -0.25) is 14.5 Å². The van der Waals surface area contributed by atoms with Crippen molar-refractivity contribution in [2.45, 2.75) is 38.4 Å². The zero-order valence-corrected chi connectivity index (χ0v) is 16.4. The van der Waals surface area contributed by atoms with E-state index in [0.717, 1.165) is 42.4 Å². The van der Waals surface area contributed by atoms with Gasteiger partial charge < -0.3 is 9.80 Å². The Kier molecular flexibility index (Phi) is 5.67. The van der Waals surface area contributed by atoms with Crippen LogP contribution in [0.1, 0.15) is 24.8 Å². The number of nitrogens with zero attached hydrogens (tertiary/aromatic N) is 5. The van der Waals surface area contributed by atoms with Crippen molar-refractivity contribution < 1.29 is 4.79 Å². The Morgan fingerprint density at radius 3 is 2.68 bits per heavy atom. The molecule has 1 saturated heterocycles. The molecule has 6 nitrogen and oxygen atoms in total. The number of piperidine rings is 1. The van der Waals surface area contributed by atoms with Crippen molar-refractivity contribution in [1.29, 1.82) is 0 Å². The third-order valence-corrected chi connectivity index (χ3v) is 5.64. The number of likely N-dealkylation sites (tertiary alicyclic amines) is 1. The van der Waals surface area contributed by atoms with Crippen molar-refractivity contribution in [2.75, 3.05) is 20.1 Å². The van der Waals surface area contributed by atoms with Crippen LogP contribution in [0.4, 0.5) is 0 Å². The summed E-state index contributed by atoms with van der Waals surface area (Å²) in [5, 5.41) is 5.57. The molecule has 4 rings (SSSR count). The number of aryl methyl sites for hydroxylation is 1. The van der Waals surface area contributed by atoms with Gasteiger partial charge in [0.05, 0.1) is 18.3 Å². The van der Waals surface area contributed by atoms with E-state index in [-0.39, 0.29) is 5.91 Å². The summed E-state index contributed by atoms with van der Waals surface area (Å²) in [5.74, 6) is 0.200. The molecule has 3 heterocycles.